The van der Waals surface area contributed by atoms with Crippen LogP contribution in [0.2, 0.25) is 0 Å². The largest absolute Gasteiger partial charge is 0.484 e. The minimum absolute atomic E-state index is 0.0618. The normalized spacial score (nSPS) is 9.96. The van der Waals surface area contributed by atoms with Crippen LogP contribution < -0.4 is 25.6 Å². The molecule has 2 aromatic rings. The summed E-state index contributed by atoms with van der Waals surface area (Å²) in [5.74, 6) is 0.205. The van der Waals surface area contributed by atoms with Crippen LogP contribution in [0.4, 0.5) is 0 Å². The zero-order chi connectivity index (χ0) is 20.5. The van der Waals surface area contributed by atoms with Crippen LogP contribution in [0.25, 0.3) is 0 Å². The van der Waals surface area contributed by atoms with Gasteiger partial charge >= 0.3 is 0 Å². The van der Waals surface area contributed by atoms with Crippen LogP contribution >= 0.6 is 44.1 Å². The molecule has 0 saturated carbocycles. The molecular formula is C18H17Br2N3O4S. The van der Waals surface area contributed by atoms with E-state index in [4.69, 9.17) is 21.7 Å². The van der Waals surface area contributed by atoms with Crippen molar-refractivity contribution in [3.8, 4) is 11.5 Å². The number of amides is 2. The van der Waals surface area contributed by atoms with Gasteiger partial charge < -0.3 is 9.47 Å². The first-order valence-electron chi connectivity index (χ1n) is 8.00. The molecule has 3 N–H and O–H groups in total. The third-order valence-electron chi connectivity index (χ3n) is 3.22. The molecule has 0 aliphatic rings. The Bertz CT molecular complexity index is 842. The lowest BCUT2D eigenvalue weighted by atomic mass is 10.2. The summed E-state index contributed by atoms with van der Waals surface area (Å²) in [7, 11) is 0. The molecule has 2 amide bonds. The summed E-state index contributed by atoms with van der Waals surface area (Å²) in [6, 6.07) is 12.6. The fraction of sp³-hybridized carbons (Fsp3) is 0.167. The van der Waals surface area contributed by atoms with Crippen molar-refractivity contribution in [3.05, 3.63) is 57.0 Å². The first-order valence-corrected chi connectivity index (χ1v) is 9.99. The van der Waals surface area contributed by atoms with Crippen molar-refractivity contribution in [2.24, 2.45) is 0 Å². The molecule has 0 fully saturated rings. The van der Waals surface area contributed by atoms with Gasteiger partial charge in [0.1, 0.15) is 11.5 Å². The summed E-state index contributed by atoms with van der Waals surface area (Å²) in [5, 5.41) is 2.34. The van der Waals surface area contributed by atoms with Crippen LogP contribution in [-0.4, -0.2) is 30.1 Å². The summed E-state index contributed by atoms with van der Waals surface area (Å²) in [4.78, 5) is 23.7. The summed E-state index contributed by atoms with van der Waals surface area (Å²) in [6.45, 7) is 1.42. The molecule has 7 nitrogen and oxygen atoms in total. The summed E-state index contributed by atoms with van der Waals surface area (Å²) >= 11 is 11.7. The van der Waals surface area contributed by atoms with Crippen molar-refractivity contribution >= 4 is 61.0 Å². The van der Waals surface area contributed by atoms with E-state index in [0.717, 1.165) is 14.5 Å². The molecule has 2 aromatic carbocycles. The smallest absolute Gasteiger partial charge is 0.276 e. The number of rotatable bonds is 6. The van der Waals surface area contributed by atoms with Gasteiger partial charge in [-0.1, -0.05) is 34.1 Å². The molecule has 0 heterocycles. The third-order valence-corrected chi connectivity index (χ3v) is 4.47. The zero-order valence-corrected chi connectivity index (χ0v) is 18.7. The fourth-order valence-corrected chi connectivity index (χ4v) is 3.75. The molecule has 0 aliphatic heterocycles. The molecule has 10 heteroatoms. The van der Waals surface area contributed by atoms with Gasteiger partial charge in [0.2, 0.25) is 0 Å². The molecule has 0 unspecified atom stereocenters. The molecule has 148 valence electrons. The zero-order valence-electron chi connectivity index (χ0n) is 14.8. The van der Waals surface area contributed by atoms with Crippen LogP contribution in [0, 0.1) is 6.92 Å². The number of para-hydroxylation sites is 1. The van der Waals surface area contributed by atoms with Gasteiger partial charge in [-0.2, -0.15) is 0 Å². The van der Waals surface area contributed by atoms with E-state index in [2.05, 4.69) is 48.0 Å². The maximum Gasteiger partial charge on any atom is 0.276 e. The second kappa shape index (κ2) is 11.0. The monoisotopic (exact) mass is 529 g/mol. The molecule has 2 rings (SSSR count). The molecule has 0 spiro atoms. The number of ether oxygens (including phenoxy) is 2. The minimum atomic E-state index is -0.471. The van der Waals surface area contributed by atoms with Crippen molar-refractivity contribution in [1.29, 1.82) is 0 Å². The second-order valence-corrected chi connectivity index (χ2v) is 7.65. The molecule has 28 heavy (non-hydrogen) atoms. The number of benzene rings is 2. The number of hydrogen-bond donors (Lipinski definition) is 3. The Kier molecular flexibility index (Phi) is 8.68. The van der Waals surface area contributed by atoms with E-state index < -0.39 is 11.8 Å². The number of aryl methyl sites for hydroxylation is 1. The van der Waals surface area contributed by atoms with Crippen LogP contribution in [0.3, 0.4) is 0 Å². The molecule has 0 atom stereocenters. The Morgan fingerprint density at radius 3 is 2.36 bits per heavy atom. The maximum atomic E-state index is 11.9. The highest BCUT2D eigenvalue weighted by atomic mass is 79.9. The lowest BCUT2D eigenvalue weighted by Gasteiger charge is -2.13. The predicted molar refractivity (Wildman–Crippen MR) is 116 cm³/mol. The van der Waals surface area contributed by atoms with Crippen molar-refractivity contribution in [2.75, 3.05) is 13.2 Å². The first kappa shape index (κ1) is 22.1. The van der Waals surface area contributed by atoms with E-state index in [9.17, 15) is 9.59 Å². The minimum Gasteiger partial charge on any atom is -0.484 e. The number of carbonyl (C=O) groups excluding carboxylic acids is 2. The average Bonchev–Trinajstić information content (AvgIpc) is 2.64. The predicted octanol–water partition coefficient (Wildman–Crippen LogP) is 3.00. The third kappa shape index (κ3) is 7.45. The van der Waals surface area contributed by atoms with Crippen molar-refractivity contribution in [2.45, 2.75) is 6.92 Å². The fourth-order valence-electron chi connectivity index (χ4n) is 2.03. The summed E-state index contributed by atoms with van der Waals surface area (Å²) in [6.07, 6.45) is 0. The highest BCUT2D eigenvalue weighted by molar-refractivity contribution is 9.11. The lowest BCUT2D eigenvalue weighted by molar-refractivity contribution is -0.124. The summed E-state index contributed by atoms with van der Waals surface area (Å²) < 4.78 is 12.4. The Morgan fingerprint density at radius 2 is 1.68 bits per heavy atom. The molecule has 0 saturated heterocycles. The van der Waals surface area contributed by atoms with E-state index in [1.807, 2.05) is 25.1 Å². The van der Waals surface area contributed by atoms with Gasteiger partial charge in [-0.15, -0.1) is 0 Å². The van der Waals surface area contributed by atoms with E-state index >= 15 is 0 Å². The van der Waals surface area contributed by atoms with Crippen LogP contribution in [-0.2, 0) is 9.59 Å². The van der Waals surface area contributed by atoms with Crippen molar-refractivity contribution < 1.29 is 19.1 Å². The van der Waals surface area contributed by atoms with Gasteiger partial charge in [0, 0.05) is 4.47 Å². The van der Waals surface area contributed by atoms with E-state index in [1.54, 1.807) is 24.3 Å². The number of carbonyl (C=O) groups is 2. The molecule has 0 bridgehead atoms. The van der Waals surface area contributed by atoms with Gasteiger partial charge in [-0.25, -0.2) is 0 Å². The highest BCUT2D eigenvalue weighted by Crippen LogP contribution is 2.32. The lowest BCUT2D eigenvalue weighted by Crippen LogP contribution is -2.50. The molecule has 0 aromatic heterocycles. The molecule has 0 aliphatic carbocycles. The van der Waals surface area contributed by atoms with Crippen LogP contribution in [0.5, 0.6) is 11.5 Å². The number of thiocarbonyl (C=S) groups is 1. The quantitative estimate of drug-likeness (QED) is 0.393. The topological polar surface area (TPSA) is 88.7 Å². The van der Waals surface area contributed by atoms with Gasteiger partial charge in [0.05, 0.1) is 4.47 Å². The number of halogens is 2. The summed E-state index contributed by atoms with van der Waals surface area (Å²) in [5.41, 5.74) is 5.62. The second-order valence-electron chi connectivity index (χ2n) is 5.47. The number of nitrogens with one attached hydrogen (secondary N) is 3. The van der Waals surface area contributed by atoms with Gasteiger partial charge in [-0.05, 0) is 64.9 Å². The standard InChI is InChI=1S/C18H17Br2N3O4S/c1-11-7-12(19)8-14(20)17(11)27-9-15(24)21-18(28)23-22-16(25)10-26-13-5-3-2-4-6-13/h2-8H,9-10H2,1H3,(H,22,25)(H2,21,23,24,28). The van der Waals surface area contributed by atoms with Crippen LogP contribution in [0.1, 0.15) is 5.56 Å². The van der Waals surface area contributed by atoms with E-state index in [1.165, 1.54) is 0 Å². The Hall–Kier alpha value is -2.17. The first-order chi connectivity index (χ1) is 13.3. The van der Waals surface area contributed by atoms with Crippen LogP contribution in [0.15, 0.2) is 51.4 Å². The van der Waals surface area contributed by atoms with E-state index in [0.29, 0.717) is 11.5 Å². The molecule has 0 radical (unpaired) electrons. The van der Waals surface area contributed by atoms with Crippen molar-refractivity contribution in [3.63, 3.8) is 0 Å². The Labute approximate surface area is 184 Å². The van der Waals surface area contributed by atoms with E-state index in [-0.39, 0.29) is 18.3 Å². The Morgan fingerprint density at radius 1 is 1.00 bits per heavy atom. The SMILES string of the molecule is Cc1cc(Br)cc(Br)c1OCC(=O)NC(=S)NNC(=O)COc1ccccc1. The molecular weight excluding hydrogens is 514 g/mol. The Balaban J connectivity index is 1.69. The van der Waals surface area contributed by atoms with Gasteiger partial charge in [0.15, 0.2) is 18.3 Å². The van der Waals surface area contributed by atoms with Crippen molar-refractivity contribution in [1.82, 2.24) is 16.2 Å². The number of hydrogen-bond acceptors (Lipinski definition) is 5. The van der Waals surface area contributed by atoms with Gasteiger partial charge in [-0.3, -0.25) is 25.8 Å². The van der Waals surface area contributed by atoms with Gasteiger partial charge in [0.25, 0.3) is 11.8 Å². The highest BCUT2D eigenvalue weighted by Gasteiger charge is 2.11. The number of hydrazine groups is 1. The average molecular weight is 531 g/mol. The maximum absolute atomic E-state index is 11.9.